The van der Waals surface area contributed by atoms with E-state index in [1.54, 1.807) is 7.11 Å². The molecule has 0 aliphatic carbocycles. The SMILES string of the molecule is COc1cc(C=O)c(C(C)(C)C)c2ccc(C)cc12. The Kier molecular flexibility index (Phi) is 3.36. The van der Waals surface area contributed by atoms with Crippen molar-refractivity contribution in [2.45, 2.75) is 33.1 Å². The molecule has 0 saturated heterocycles. The number of methoxy groups -OCH3 is 1. The minimum Gasteiger partial charge on any atom is -0.496 e. The quantitative estimate of drug-likeness (QED) is 0.750. The highest BCUT2D eigenvalue weighted by Gasteiger charge is 2.22. The van der Waals surface area contributed by atoms with E-state index in [-0.39, 0.29) is 5.41 Å². The van der Waals surface area contributed by atoms with Gasteiger partial charge in [-0.1, -0.05) is 38.5 Å². The third kappa shape index (κ3) is 2.35. The van der Waals surface area contributed by atoms with Gasteiger partial charge in [0.2, 0.25) is 0 Å². The Morgan fingerprint density at radius 3 is 2.32 bits per heavy atom. The van der Waals surface area contributed by atoms with E-state index >= 15 is 0 Å². The summed E-state index contributed by atoms with van der Waals surface area (Å²) >= 11 is 0. The summed E-state index contributed by atoms with van der Waals surface area (Å²) in [4.78, 5) is 11.4. The van der Waals surface area contributed by atoms with Crippen molar-refractivity contribution in [1.29, 1.82) is 0 Å². The predicted octanol–water partition coefficient (Wildman–Crippen LogP) is 4.27. The highest BCUT2D eigenvalue weighted by atomic mass is 16.5. The van der Waals surface area contributed by atoms with Crippen molar-refractivity contribution < 1.29 is 9.53 Å². The van der Waals surface area contributed by atoms with Crippen molar-refractivity contribution in [2.24, 2.45) is 0 Å². The monoisotopic (exact) mass is 256 g/mol. The molecule has 0 unspecified atom stereocenters. The molecular formula is C17H20O2. The van der Waals surface area contributed by atoms with Gasteiger partial charge < -0.3 is 4.74 Å². The summed E-state index contributed by atoms with van der Waals surface area (Å²) in [6.07, 6.45) is 0.919. The zero-order chi connectivity index (χ0) is 14.2. The van der Waals surface area contributed by atoms with Gasteiger partial charge in [-0.3, -0.25) is 4.79 Å². The Balaban J connectivity index is 2.97. The Morgan fingerprint density at radius 1 is 1.11 bits per heavy atom. The summed E-state index contributed by atoms with van der Waals surface area (Å²) in [6.45, 7) is 8.44. The Labute approximate surface area is 114 Å². The van der Waals surface area contributed by atoms with Crippen molar-refractivity contribution in [3.8, 4) is 5.75 Å². The number of hydrogen-bond donors (Lipinski definition) is 0. The lowest BCUT2D eigenvalue weighted by atomic mass is 9.80. The lowest BCUT2D eigenvalue weighted by Gasteiger charge is -2.24. The standard InChI is InChI=1S/C17H20O2/c1-11-6-7-13-14(8-11)15(19-5)9-12(10-18)16(13)17(2,3)4/h6-10H,1-5H3. The second-order valence-electron chi connectivity index (χ2n) is 5.96. The van der Waals surface area contributed by atoms with Crippen LogP contribution in [0, 0.1) is 6.92 Å². The van der Waals surface area contributed by atoms with E-state index < -0.39 is 0 Å². The van der Waals surface area contributed by atoms with Crippen LogP contribution in [0.2, 0.25) is 0 Å². The van der Waals surface area contributed by atoms with E-state index in [2.05, 4.69) is 45.9 Å². The van der Waals surface area contributed by atoms with Gasteiger partial charge in [-0.15, -0.1) is 0 Å². The van der Waals surface area contributed by atoms with Crippen LogP contribution in [0.1, 0.15) is 42.3 Å². The maximum Gasteiger partial charge on any atom is 0.150 e. The number of aryl methyl sites for hydroxylation is 1. The second kappa shape index (κ2) is 4.69. The number of hydrogen-bond acceptors (Lipinski definition) is 2. The molecule has 19 heavy (non-hydrogen) atoms. The van der Waals surface area contributed by atoms with E-state index in [1.165, 1.54) is 5.56 Å². The number of fused-ring (bicyclic) bond motifs is 1. The maximum absolute atomic E-state index is 11.4. The average molecular weight is 256 g/mol. The third-order valence-corrected chi connectivity index (χ3v) is 3.38. The molecule has 0 aliphatic heterocycles. The van der Waals surface area contributed by atoms with Crippen LogP contribution in [0.5, 0.6) is 5.75 Å². The minimum atomic E-state index is -0.0873. The number of rotatable bonds is 2. The fourth-order valence-corrected chi connectivity index (χ4v) is 2.63. The molecule has 0 amide bonds. The fourth-order valence-electron chi connectivity index (χ4n) is 2.63. The Hall–Kier alpha value is -1.83. The first-order valence-corrected chi connectivity index (χ1v) is 6.45. The fraction of sp³-hybridized carbons (Fsp3) is 0.353. The lowest BCUT2D eigenvalue weighted by Crippen LogP contribution is -2.15. The molecule has 100 valence electrons. The average Bonchev–Trinajstić information content (AvgIpc) is 2.35. The van der Waals surface area contributed by atoms with Crippen LogP contribution in [0.25, 0.3) is 10.8 Å². The van der Waals surface area contributed by atoms with E-state index in [0.29, 0.717) is 5.56 Å². The van der Waals surface area contributed by atoms with Gasteiger partial charge in [-0.05, 0) is 35.4 Å². The van der Waals surface area contributed by atoms with E-state index in [0.717, 1.165) is 28.4 Å². The van der Waals surface area contributed by atoms with Crippen LogP contribution in [0.15, 0.2) is 24.3 Å². The van der Waals surface area contributed by atoms with Crippen LogP contribution >= 0.6 is 0 Å². The number of carbonyl (C=O) groups is 1. The number of ether oxygens (including phenoxy) is 1. The Bertz CT molecular complexity index is 634. The molecule has 2 rings (SSSR count). The molecule has 0 fully saturated rings. The number of carbonyl (C=O) groups excluding carboxylic acids is 1. The van der Waals surface area contributed by atoms with Gasteiger partial charge in [0.25, 0.3) is 0 Å². The Morgan fingerprint density at radius 2 is 1.79 bits per heavy atom. The highest BCUT2D eigenvalue weighted by Crippen LogP contribution is 2.37. The summed E-state index contributed by atoms with van der Waals surface area (Å²) in [6, 6.07) is 8.11. The molecule has 2 heteroatoms. The molecule has 0 radical (unpaired) electrons. The summed E-state index contributed by atoms with van der Waals surface area (Å²) in [7, 11) is 1.64. The molecule has 0 heterocycles. The molecular weight excluding hydrogens is 236 g/mol. The van der Waals surface area contributed by atoms with Gasteiger partial charge in [-0.2, -0.15) is 0 Å². The first kappa shape index (κ1) is 13.6. The van der Waals surface area contributed by atoms with Gasteiger partial charge in [0, 0.05) is 10.9 Å². The molecule has 0 aromatic heterocycles. The van der Waals surface area contributed by atoms with Crippen molar-refractivity contribution in [1.82, 2.24) is 0 Å². The van der Waals surface area contributed by atoms with E-state index in [1.807, 2.05) is 6.07 Å². The van der Waals surface area contributed by atoms with Crippen LogP contribution < -0.4 is 4.74 Å². The molecule has 0 N–H and O–H groups in total. The topological polar surface area (TPSA) is 26.3 Å². The summed E-state index contributed by atoms with van der Waals surface area (Å²) in [5.41, 5.74) is 2.89. The molecule has 0 aliphatic rings. The van der Waals surface area contributed by atoms with Crippen molar-refractivity contribution in [3.63, 3.8) is 0 Å². The van der Waals surface area contributed by atoms with Crippen molar-refractivity contribution in [3.05, 3.63) is 41.0 Å². The maximum atomic E-state index is 11.4. The molecule has 2 aromatic rings. The lowest BCUT2D eigenvalue weighted by molar-refractivity contribution is 0.112. The van der Waals surface area contributed by atoms with E-state index in [9.17, 15) is 4.79 Å². The molecule has 0 saturated carbocycles. The van der Waals surface area contributed by atoms with Crippen molar-refractivity contribution in [2.75, 3.05) is 7.11 Å². The normalized spacial score (nSPS) is 11.6. The molecule has 0 atom stereocenters. The van der Waals surface area contributed by atoms with Crippen molar-refractivity contribution >= 4 is 17.1 Å². The summed E-state index contributed by atoms with van der Waals surface area (Å²) in [5, 5.41) is 2.16. The smallest absolute Gasteiger partial charge is 0.150 e. The third-order valence-electron chi connectivity index (χ3n) is 3.38. The van der Waals surface area contributed by atoms with Crippen LogP contribution in [0.4, 0.5) is 0 Å². The zero-order valence-corrected chi connectivity index (χ0v) is 12.2. The van der Waals surface area contributed by atoms with Gasteiger partial charge >= 0.3 is 0 Å². The first-order valence-electron chi connectivity index (χ1n) is 6.45. The second-order valence-corrected chi connectivity index (χ2v) is 5.96. The molecule has 2 nitrogen and oxygen atoms in total. The summed E-state index contributed by atoms with van der Waals surface area (Å²) < 4.78 is 5.43. The summed E-state index contributed by atoms with van der Waals surface area (Å²) in [5.74, 6) is 0.758. The molecule has 0 spiro atoms. The van der Waals surface area contributed by atoms with Gasteiger partial charge in [0.1, 0.15) is 5.75 Å². The zero-order valence-electron chi connectivity index (χ0n) is 12.2. The largest absolute Gasteiger partial charge is 0.496 e. The van der Waals surface area contributed by atoms with Gasteiger partial charge in [0.15, 0.2) is 6.29 Å². The van der Waals surface area contributed by atoms with Gasteiger partial charge in [0.05, 0.1) is 7.11 Å². The van der Waals surface area contributed by atoms with Gasteiger partial charge in [-0.25, -0.2) is 0 Å². The molecule has 0 bridgehead atoms. The van der Waals surface area contributed by atoms with Crippen LogP contribution in [0.3, 0.4) is 0 Å². The highest BCUT2D eigenvalue weighted by molar-refractivity contribution is 5.98. The molecule has 2 aromatic carbocycles. The van der Waals surface area contributed by atoms with Crippen LogP contribution in [-0.2, 0) is 5.41 Å². The van der Waals surface area contributed by atoms with E-state index in [4.69, 9.17) is 4.74 Å². The minimum absolute atomic E-state index is 0.0873. The number of benzene rings is 2. The number of aldehydes is 1. The first-order chi connectivity index (χ1) is 8.88. The predicted molar refractivity (Wildman–Crippen MR) is 79.3 cm³/mol. The van der Waals surface area contributed by atoms with Crippen LogP contribution in [-0.4, -0.2) is 13.4 Å².